The first-order valence-electron chi connectivity index (χ1n) is 10.5. The monoisotopic (exact) mass is 373 g/mol. The van der Waals surface area contributed by atoms with Gasteiger partial charge in [0, 0.05) is 26.1 Å². The van der Waals surface area contributed by atoms with Gasteiger partial charge in [-0.2, -0.15) is 0 Å². The normalized spacial score (nSPS) is 24.0. The highest BCUT2D eigenvalue weighted by Gasteiger charge is 2.41. The molecule has 4 rings (SSSR count). The number of amides is 1. The first kappa shape index (κ1) is 18.8. The Hall–Kier alpha value is -1.59. The van der Waals surface area contributed by atoms with Gasteiger partial charge in [0.2, 0.25) is 5.91 Å². The summed E-state index contributed by atoms with van der Waals surface area (Å²) in [4.78, 5) is 14.2. The molecule has 1 aromatic carbocycles. The number of hydrogen-bond donors (Lipinski definition) is 0. The van der Waals surface area contributed by atoms with Crippen LogP contribution in [0.2, 0.25) is 0 Å². The Morgan fingerprint density at radius 3 is 2.89 bits per heavy atom. The number of likely N-dealkylation sites (tertiary alicyclic amines) is 1. The fourth-order valence-corrected chi connectivity index (χ4v) is 4.61. The second-order valence-corrected chi connectivity index (χ2v) is 7.99. The van der Waals surface area contributed by atoms with Crippen LogP contribution in [0.4, 0.5) is 0 Å². The number of piperidine rings is 1. The molecule has 148 valence electrons. The maximum absolute atomic E-state index is 12.2. The van der Waals surface area contributed by atoms with E-state index in [1.807, 2.05) is 4.90 Å². The second-order valence-electron chi connectivity index (χ2n) is 7.99. The topological polar surface area (TPSA) is 48.0 Å². The van der Waals surface area contributed by atoms with E-state index in [0.717, 1.165) is 70.6 Å². The largest absolute Gasteiger partial charge is 0.491 e. The van der Waals surface area contributed by atoms with Crippen LogP contribution in [0.5, 0.6) is 5.75 Å². The molecule has 1 amide bonds. The van der Waals surface area contributed by atoms with Gasteiger partial charge in [0.25, 0.3) is 0 Å². The van der Waals surface area contributed by atoms with Crippen molar-refractivity contribution in [3.63, 3.8) is 0 Å². The Bertz CT molecular complexity index is 660. The number of hydrogen-bond acceptors (Lipinski definition) is 4. The van der Waals surface area contributed by atoms with Crippen LogP contribution in [0.1, 0.15) is 56.6 Å². The van der Waals surface area contributed by atoms with Crippen LogP contribution in [-0.4, -0.2) is 49.8 Å². The molecule has 0 aliphatic carbocycles. The lowest BCUT2D eigenvalue weighted by atomic mass is 9.79. The molecule has 0 bridgehead atoms. The summed E-state index contributed by atoms with van der Waals surface area (Å²) in [7, 11) is 0. The van der Waals surface area contributed by atoms with Gasteiger partial charge >= 0.3 is 0 Å². The predicted molar refractivity (Wildman–Crippen MR) is 103 cm³/mol. The molecule has 27 heavy (non-hydrogen) atoms. The van der Waals surface area contributed by atoms with Crippen molar-refractivity contribution < 1.29 is 19.0 Å². The lowest BCUT2D eigenvalue weighted by Gasteiger charge is -2.45. The Kier molecular flexibility index (Phi) is 5.69. The number of carbonyl (C=O) groups is 1. The molecule has 2 saturated heterocycles. The molecule has 2 fully saturated rings. The Morgan fingerprint density at radius 1 is 1.30 bits per heavy atom. The summed E-state index contributed by atoms with van der Waals surface area (Å²) in [6, 6.07) is 6.44. The summed E-state index contributed by atoms with van der Waals surface area (Å²) in [6.45, 7) is 5.86. The van der Waals surface area contributed by atoms with E-state index in [4.69, 9.17) is 14.2 Å². The molecular formula is C22H31NO4. The van der Waals surface area contributed by atoms with Crippen molar-refractivity contribution in [1.82, 2.24) is 4.90 Å². The zero-order valence-corrected chi connectivity index (χ0v) is 16.4. The van der Waals surface area contributed by atoms with Crippen molar-refractivity contribution in [2.24, 2.45) is 0 Å². The van der Waals surface area contributed by atoms with E-state index < -0.39 is 0 Å². The zero-order valence-electron chi connectivity index (χ0n) is 16.4. The summed E-state index contributed by atoms with van der Waals surface area (Å²) in [5.41, 5.74) is 2.39. The predicted octanol–water partition coefficient (Wildman–Crippen LogP) is 3.43. The van der Waals surface area contributed by atoms with Crippen LogP contribution in [0.25, 0.3) is 0 Å². The Balaban J connectivity index is 1.43. The van der Waals surface area contributed by atoms with Crippen molar-refractivity contribution in [2.75, 3.05) is 32.9 Å². The summed E-state index contributed by atoms with van der Waals surface area (Å²) in [6.07, 6.45) is 6.71. The zero-order chi connectivity index (χ0) is 18.7. The number of rotatable bonds is 5. The Labute approximate surface area is 162 Å². The molecule has 3 heterocycles. The van der Waals surface area contributed by atoms with Gasteiger partial charge in [-0.15, -0.1) is 0 Å². The molecule has 0 saturated carbocycles. The van der Waals surface area contributed by atoms with Crippen molar-refractivity contribution in [2.45, 2.75) is 63.6 Å². The highest BCUT2D eigenvalue weighted by molar-refractivity contribution is 5.76. The van der Waals surface area contributed by atoms with Gasteiger partial charge in [-0.05, 0) is 61.8 Å². The van der Waals surface area contributed by atoms with Gasteiger partial charge in [-0.3, -0.25) is 4.79 Å². The lowest BCUT2D eigenvalue weighted by molar-refractivity contribution is -0.140. The van der Waals surface area contributed by atoms with Crippen molar-refractivity contribution in [3.05, 3.63) is 29.3 Å². The van der Waals surface area contributed by atoms with Crippen LogP contribution in [0.3, 0.4) is 0 Å². The highest BCUT2D eigenvalue weighted by Crippen LogP contribution is 2.42. The molecule has 1 aromatic rings. The summed E-state index contributed by atoms with van der Waals surface area (Å²) < 4.78 is 17.9. The smallest absolute Gasteiger partial charge is 0.222 e. The van der Waals surface area contributed by atoms with E-state index in [1.54, 1.807) is 0 Å². The van der Waals surface area contributed by atoms with Crippen LogP contribution in [0.15, 0.2) is 18.2 Å². The first-order chi connectivity index (χ1) is 13.2. The number of benzene rings is 1. The van der Waals surface area contributed by atoms with Crippen LogP contribution >= 0.6 is 0 Å². The number of ether oxygens (including phenoxy) is 3. The summed E-state index contributed by atoms with van der Waals surface area (Å²) in [5.74, 6) is 1.21. The average Bonchev–Trinajstić information content (AvgIpc) is 3.21. The van der Waals surface area contributed by atoms with E-state index >= 15 is 0 Å². The van der Waals surface area contributed by atoms with Crippen molar-refractivity contribution in [3.8, 4) is 5.75 Å². The van der Waals surface area contributed by atoms with Gasteiger partial charge in [0.05, 0.1) is 18.3 Å². The standard InChI is InChI=1S/C22H31NO4/c1-2-4-21(24)23-11-9-22(10-12-23)20-7-6-18(15-17(20)8-14-27-22)26-16-19-5-3-13-25-19/h6-7,15,19H,2-5,8-14,16H2,1H3. The van der Waals surface area contributed by atoms with E-state index in [1.165, 1.54) is 11.1 Å². The number of carbonyl (C=O) groups excluding carboxylic acids is 1. The molecule has 0 aromatic heterocycles. The van der Waals surface area contributed by atoms with Gasteiger partial charge in [0.15, 0.2) is 0 Å². The van der Waals surface area contributed by atoms with E-state index in [9.17, 15) is 4.79 Å². The van der Waals surface area contributed by atoms with E-state index in [0.29, 0.717) is 13.0 Å². The molecule has 5 heteroatoms. The second kappa shape index (κ2) is 8.19. The molecule has 3 aliphatic heterocycles. The van der Waals surface area contributed by atoms with Crippen LogP contribution in [0, 0.1) is 0 Å². The molecule has 0 radical (unpaired) electrons. The lowest BCUT2D eigenvalue weighted by Crippen LogP contribution is -2.48. The third kappa shape index (κ3) is 3.99. The minimum atomic E-state index is -0.232. The van der Waals surface area contributed by atoms with Gasteiger partial charge in [-0.1, -0.05) is 13.0 Å². The maximum atomic E-state index is 12.2. The first-order valence-corrected chi connectivity index (χ1v) is 10.5. The van der Waals surface area contributed by atoms with Crippen molar-refractivity contribution in [1.29, 1.82) is 0 Å². The fourth-order valence-electron chi connectivity index (χ4n) is 4.61. The molecule has 0 N–H and O–H groups in total. The van der Waals surface area contributed by atoms with Gasteiger partial charge in [-0.25, -0.2) is 0 Å². The molecule has 5 nitrogen and oxygen atoms in total. The molecule has 3 aliphatic rings. The molecule has 1 atom stereocenters. The van der Waals surface area contributed by atoms with E-state index in [-0.39, 0.29) is 17.6 Å². The minimum absolute atomic E-state index is 0.232. The van der Waals surface area contributed by atoms with Gasteiger partial charge < -0.3 is 19.1 Å². The third-order valence-electron chi connectivity index (χ3n) is 6.16. The number of fused-ring (bicyclic) bond motifs is 2. The Morgan fingerprint density at radius 2 is 2.15 bits per heavy atom. The molecular weight excluding hydrogens is 342 g/mol. The van der Waals surface area contributed by atoms with Crippen LogP contribution in [-0.2, 0) is 26.3 Å². The van der Waals surface area contributed by atoms with Gasteiger partial charge in [0.1, 0.15) is 12.4 Å². The summed E-state index contributed by atoms with van der Waals surface area (Å²) >= 11 is 0. The van der Waals surface area contributed by atoms with E-state index in [2.05, 4.69) is 25.1 Å². The summed E-state index contributed by atoms with van der Waals surface area (Å²) in [5, 5.41) is 0. The fraction of sp³-hybridized carbons (Fsp3) is 0.682. The van der Waals surface area contributed by atoms with Crippen LogP contribution < -0.4 is 4.74 Å². The molecule has 1 unspecified atom stereocenters. The molecule has 1 spiro atoms. The average molecular weight is 373 g/mol. The quantitative estimate of drug-likeness (QED) is 0.793. The maximum Gasteiger partial charge on any atom is 0.222 e. The van der Waals surface area contributed by atoms with Crippen molar-refractivity contribution >= 4 is 5.91 Å². The SMILES string of the molecule is CCCC(=O)N1CCC2(CC1)OCCc1cc(OCC3CCCO3)ccc12. The minimum Gasteiger partial charge on any atom is -0.491 e. The number of nitrogens with zero attached hydrogens (tertiary/aromatic N) is 1. The third-order valence-corrected chi connectivity index (χ3v) is 6.16. The highest BCUT2D eigenvalue weighted by atomic mass is 16.5.